The molecule has 1 aromatic carbocycles. The number of hydrogen-bond donors (Lipinski definition) is 0. The van der Waals surface area contributed by atoms with Crippen molar-refractivity contribution in [3.05, 3.63) is 45.5 Å². The Morgan fingerprint density at radius 1 is 1.36 bits per heavy atom. The van der Waals surface area contributed by atoms with E-state index < -0.39 is 17.2 Å². The van der Waals surface area contributed by atoms with Gasteiger partial charge < -0.3 is 14.2 Å². The highest BCUT2D eigenvalue weighted by Gasteiger charge is 2.23. The Kier molecular flexibility index (Phi) is 5.24. The van der Waals surface area contributed by atoms with Crippen LogP contribution in [0.1, 0.15) is 32.1 Å². The number of rotatable bonds is 4. The zero-order valence-corrected chi connectivity index (χ0v) is 12.4. The molecule has 0 amide bonds. The fraction of sp³-hybridized carbons (Fsp3) is 0.400. The molecule has 0 bridgehead atoms. The Morgan fingerprint density at radius 3 is 2.64 bits per heavy atom. The number of esters is 1. The number of nitro groups is 1. The molecule has 22 heavy (non-hydrogen) atoms. The third-order valence-corrected chi connectivity index (χ3v) is 2.90. The number of carbonyl (C=O) groups excluding carboxylic acids is 1. The van der Waals surface area contributed by atoms with Crippen LogP contribution >= 0.6 is 0 Å². The molecule has 0 aliphatic carbocycles. The number of hydrogen-bond acceptors (Lipinski definition) is 6. The monoisotopic (exact) mass is 307 g/mol. The molecular weight excluding hydrogens is 290 g/mol. The van der Waals surface area contributed by atoms with Crippen molar-refractivity contribution in [2.24, 2.45) is 0 Å². The van der Waals surface area contributed by atoms with Gasteiger partial charge in [-0.2, -0.15) is 0 Å². The average molecular weight is 307 g/mol. The summed E-state index contributed by atoms with van der Waals surface area (Å²) in [6, 6.07) is 4.28. The van der Waals surface area contributed by atoms with E-state index in [0.717, 1.165) is 12.0 Å². The van der Waals surface area contributed by atoms with Gasteiger partial charge in [-0.15, -0.1) is 0 Å². The number of allylic oxidation sites excluding steroid dienone is 1. The normalized spacial score (nSPS) is 15.2. The minimum absolute atomic E-state index is 0.105. The fourth-order valence-electron chi connectivity index (χ4n) is 1.96. The first-order valence-corrected chi connectivity index (χ1v) is 6.85. The molecule has 1 fully saturated rings. The molecule has 0 N–H and O–H groups in total. The summed E-state index contributed by atoms with van der Waals surface area (Å²) in [4.78, 5) is 22.2. The lowest BCUT2D eigenvalue weighted by atomic mass is 10.1. The lowest BCUT2D eigenvalue weighted by molar-refractivity contribution is -0.385. The topological polar surface area (TPSA) is 87.9 Å². The largest absolute Gasteiger partial charge is 0.416 e. The van der Waals surface area contributed by atoms with Gasteiger partial charge in [-0.25, -0.2) is 4.79 Å². The van der Waals surface area contributed by atoms with Gasteiger partial charge in [0.25, 0.3) is 0 Å². The van der Waals surface area contributed by atoms with E-state index in [9.17, 15) is 14.9 Å². The number of benzene rings is 1. The van der Waals surface area contributed by atoms with E-state index in [1.54, 1.807) is 19.9 Å². The molecule has 1 aliphatic rings. The molecule has 1 aromatic rings. The Morgan fingerprint density at radius 2 is 2.05 bits per heavy atom. The number of ether oxygens (including phenoxy) is 3. The Hall–Kier alpha value is -2.25. The van der Waals surface area contributed by atoms with E-state index in [-0.39, 0.29) is 11.4 Å². The molecular formula is C15H17NO6. The molecule has 1 aliphatic heterocycles. The van der Waals surface area contributed by atoms with Crippen LogP contribution in [0.5, 0.6) is 5.75 Å². The first kappa shape index (κ1) is 16.1. The van der Waals surface area contributed by atoms with Gasteiger partial charge in [-0.1, -0.05) is 5.57 Å². The molecule has 2 rings (SSSR count). The second-order valence-electron chi connectivity index (χ2n) is 5.05. The fourth-order valence-corrected chi connectivity index (χ4v) is 1.96. The van der Waals surface area contributed by atoms with Gasteiger partial charge in [0.15, 0.2) is 6.29 Å². The maximum Gasteiger partial charge on any atom is 0.336 e. The SMILES string of the molecule is CC(C)=CC(=O)Oc1ccc(C2OCCCO2)cc1[N+](=O)[O-]. The molecule has 7 nitrogen and oxygen atoms in total. The maximum atomic E-state index is 11.6. The van der Waals surface area contributed by atoms with Crippen LogP contribution in [0.4, 0.5) is 5.69 Å². The Labute approximate surface area is 127 Å². The highest BCUT2D eigenvalue weighted by atomic mass is 16.7. The summed E-state index contributed by atoms with van der Waals surface area (Å²) in [6.45, 7) is 4.54. The molecule has 118 valence electrons. The summed E-state index contributed by atoms with van der Waals surface area (Å²) in [7, 11) is 0. The van der Waals surface area contributed by atoms with Crippen LogP contribution in [0.15, 0.2) is 29.8 Å². The van der Waals surface area contributed by atoms with E-state index in [0.29, 0.717) is 18.8 Å². The second kappa shape index (κ2) is 7.15. The van der Waals surface area contributed by atoms with Gasteiger partial charge in [-0.3, -0.25) is 10.1 Å². The maximum absolute atomic E-state index is 11.6. The molecule has 1 heterocycles. The van der Waals surface area contributed by atoms with Crippen molar-refractivity contribution in [2.45, 2.75) is 26.6 Å². The van der Waals surface area contributed by atoms with Gasteiger partial charge in [0, 0.05) is 17.7 Å². The Bertz CT molecular complexity index is 600. The van der Waals surface area contributed by atoms with Gasteiger partial charge in [0.1, 0.15) is 0 Å². The highest BCUT2D eigenvalue weighted by Crippen LogP contribution is 2.32. The average Bonchev–Trinajstić information content (AvgIpc) is 2.47. The summed E-state index contributed by atoms with van der Waals surface area (Å²) >= 11 is 0. The highest BCUT2D eigenvalue weighted by molar-refractivity contribution is 5.85. The minimum atomic E-state index is -0.652. The van der Waals surface area contributed by atoms with Crippen molar-refractivity contribution in [1.82, 2.24) is 0 Å². The quantitative estimate of drug-likeness (QED) is 0.279. The van der Waals surface area contributed by atoms with Crippen molar-refractivity contribution in [1.29, 1.82) is 0 Å². The van der Waals surface area contributed by atoms with E-state index in [1.807, 2.05) is 0 Å². The lowest BCUT2D eigenvalue weighted by Crippen LogP contribution is -2.18. The predicted molar refractivity (Wildman–Crippen MR) is 77.4 cm³/mol. The standard InChI is InChI=1S/C15H17NO6/c1-10(2)8-14(17)22-13-5-4-11(9-12(13)16(18)19)15-20-6-3-7-21-15/h4-5,8-9,15H,3,6-7H2,1-2H3. The predicted octanol–water partition coefficient (Wildman–Crippen LogP) is 2.90. The molecule has 0 spiro atoms. The molecule has 0 unspecified atom stereocenters. The summed E-state index contributed by atoms with van der Waals surface area (Å²) in [6.07, 6.45) is 1.43. The number of nitrogens with zero attached hydrogens (tertiary/aromatic N) is 1. The van der Waals surface area contributed by atoms with Crippen LogP contribution in [0, 0.1) is 10.1 Å². The third-order valence-electron chi connectivity index (χ3n) is 2.90. The first-order valence-electron chi connectivity index (χ1n) is 6.85. The van der Waals surface area contributed by atoms with Crippen molar-refractivity contribution in [3.8, 4) is 5.75 Å². The van der Waals surface area contributed by atoms with Crippen LogP contribution in [0.25, 0.3) is 0 Å². The molecule has 0 saturated carbocycles. The molecule has 1 saturated heterocycles. The van der Waals surface area contributed by atoms with Gasteiger partial charge in [0.05, 0.1) is 18.1 Å². The second-order valence-corrected chi connectivity index (χ2v) is 5.05. The van der Waals surface area contributed by atoms with Crippen molar-refractivity contribution in [2.75, 3.05) is 13.2 Å². The van der Waals surface area contributed by atoms with Crippen LogP contribution in [0.3, 0.4) is 0 Å². The van der Waals surface area contributed by atoms with Crippen LogP contribution in [-0.2, 0) is 14.3 Å². The van der Waals surface area contributed by atoms with E-state index in [4.69, 9.17) is 14.2 Å². The van der Waals surface area contributed by atoms with Crippen LogP contribution < -0.4 is 4.74 Å². The minimum Gasteiger partial charge on any atom is -0.416 e. The van der Waals surface area contributed by atoms with E-state index in [2.05, 4.69) is 0 Å². The van der Waals surface area contributed by atoms with Gasteiger partial charge in [-0.05, 0) is 32.4 Å². The zero-order valence-electron chi connectivity index (χ0n) is 12.4. The van der Waals surface area contributed by atoms with Gasteiger partial charge >= 0.3 is 11.7 Å². The smallest absolute Gasteiger partial charge is 0.336 e. The van der Waals surface area contributed by atoms with E-state index >= 15 is 0 Å². The van der Waals surface area contributed by atoms with Crippen LogP contribution in [0.2, 0.25) is 0 Å². The molecule has 0 aromatic heterocycles. The first-order chi connectivity index (χ1) is 10.5. The molecule has 7 heteroatoms. The number of carbonyl (C=O) groups is 1. The van der Waals surface area contributed by atoms with E-state index in [1.165, 1.54) is 18.2 Å². The summed E-state index contributed by atoms with van der Waals surface area (Å²) < 4.78 is 15.8. The van der Waals surface area contributed by atoms with Crippen molar-refractivity contribution in [3.63, 3.8) is 0 Å². The lowest BCUT2D eigenvalue weighted by Gasteiger charge is -2.23. The van der Waals surface area contributed by atoms with Gasteiger partial charge in [0.2, 0.25) is 5.75 Å². The zero-order chi connectivity index (χ0) is 16.1. The summed E-state index contributed by atoms with van der Waals surface area (Å²) in [5, 5.41) is 11.2. The molecule has 0 radical (unpaired) electrons. The molecule has 0 atom stereocenters. The third kappa shape index (κ3) is 4.12. The summed E-state index contributed by atoms with van der Waals surface area (Å²) in [5.41, 5.74) is 0.965. The Balaban J connectivity index is 2.25. The number of nitro benzene ring substituents is 1. The summed E-state index contributed by atoms with van der Waals surface area (Å²) in [5.74, 6) is -0.756. The van der Waals surface area contributed by atoms with Crippen LogP contribution in [-0.4, -0.2) is 24.1 Å². The van der Waals surface area contributed by atoms with Crippen molar-refractivity contribution < 1.29 is 23.9 Å². The van der Waals surface area contributed by atoms with Crippen molar-refractivity contribution >= 4 is 11.7 Å².